The third kappa shape index (κ3) is 6.42. The number of carbonyl (C=O) groups excluding carboxylic acids is 1. The predicted octanol–water partition coefficient (Wildman–Crippen LogP) is 4.08. The molecule has 4 rings (SSSR count). The summed E-state index contributed by atoms with van der Waals surface area (Å²) in [5, 5.41) is 3.44. The molecule has 1 aliphatic heterocycles. The number of carbonyl (C=O) groups is 1. The standard InChI is InChI=1S/C25H30ClN5O2/c1-27-25(32)31-16-14-30(15-17-31)22-7-10-23(11-8-22)33-24(18-29-13-12-28-19-29)9-4-20-2-5-21(26)6-3-20/h2-3,5-8,10-13,19,24H,4,9,14-18H2,1H3,(H,27,32). The smallest absolute Gasteiger partial charge is 0.317 e. The summed E-state index contributed by atoms with van der Waals surface area (Å²) >= 11 is 6.01. The van der Waals surface area contributed by atoms with Crippen molar-refractivity contribution in [2.75, 3.05) is 38.1 Å². The van der Waals surface area contributed by atoms with Crippen LogP contribution in [0.15, 0.2) is 67.3 Å². The minimum absolute atomic E-state index is 0.0110. The Morgan fingerprint density at radius 1 is 1.09 bits per heavy atom. The zero-order valence-corrected chi connectivity index (χ0v) is 19.6. The Morgan fingerprint density at radius 3 is 2.45 bits per heavy atom. The van der Waals surface area contributed by atoms with E-state index < -0.39 is 0 Å². The van der Waals surface area contributed by atoms with E-state index in [-0.39, 0.29) is 12.1 Å². The molecule has 2 amide bonds. The quantitative estimate of drug-likeness (QED) is 0.542. The van der Waals surface area contributed by atoms with Gasteiger partial charge >= 0.3 is 6.03 Å². The zero-order chi connectivity index (χ0) is 23.0. The molecule has 7 nitrogen and oxygen atoms in total. The molecule has 0 radical (unpaired) electrons. The number of hydrogen-bond acceptors (Lipinski definition) is 4. The van der Waals surface area contributed by atoms with E-state index in [1.54, 1.807) is 13.2 Å². The van der Waals surface area contributed by atoms with Crippen molar-refractivity contribution in [3.8, 4) is 5.75 Å². The summed E-state index contributed by atoms with van der Waals surface area (Å²) in [6, 6.07) is 16.2. The van der Waals surface area contributed by atoms with E-state index in [1.165, 1.54) is 5.56 Å². The van der Waals surface area contributed by atoms with Crippen LogP contribution in [0.25, 0.3) is 0 Å². The van der Waals surface area contributed by atoms with E-state index in [2.05, 4.69) is 39.5 Å². The summed E-state index contributed by atoms with van der Waals surface area (Å²) in [5.41, 5.74) is 2.39. The minimum atomic E-state index is -0.0130. The van der Waals surface area contributed by atoms with Gasteiger partial charge in [0.15, 0.2) is 0 Å². The average Bonchev–Trinajstić information content (AvgIpc) is 3.37. The predicted molar refractivity (Wildman–Crippen MR) is 131 cm³/mol. The molecule has 2 heterocycles. The number of urea groups is 1. The van der Waals surface area contributed by atoms with E-state index in [0.717, 1.165) is 62.0 Å². The second-order valence-corrected chi connectivity index (χ2v) is 8.62. The number of piperazine rings is 1. The maximum Gasteiger partial charge on any atom is 0.317 e. The molecule has 0 spiro atoms. The first-order chi connectivity index (χ1) is 16.1. The number of nitrogens with one attached hydrogen (secondary N) is 1. The highest BCUT2D eigenvalue weighted by molar-refractivity contribution is 6.30. The Labute approximate surface area is 199 Å². The van der Waals surface area contributed by atoms with Crippen LogP contribution in [-0.4, -0.2) is 59.8 Å². The lowest BCUT2D eigenvalue weighted by Gasteiger charge is -2.35. The fourth-order valence-corrected chi connectivity index (χ4v) is 4.18. The van der Waals surface area contributed by atoms with E-state index in [9.17, 15) is 4.79 Å². The van der Waals surface area contributed by atoms with E-state index in [1.807, 2.05) is 46.3 Å². The second kappa shape index (κ2) is 11.1. The number of nitrogens with zero attached hydrogens (tertiary/aromatic N) is 4. The lowest BCUT2D eigenvalue weighted by atomic mass is 10.1. The highest BCUT2D eigenvalue weighted by Crippen LogP contribution is 2.23. The number of halogens is 1. The van der Waals surface area contributed by atoms with Crippen molar-refractivity contribution < 1.29 is 9.53 Å². The van der Waals surface area contributed by atoms with Crippen LogP contribution >= 0.6 is 11.6 Å². The molecule has 0 saturated carbocycles. The summed E-state index contributed by atoms with van der Waals surface area (Å²) in [6.45, 7) is 3.80. The molecule has 1 unspecified atom stereocenters. The van der Waals surface area contributed by atoms with Crippen molar-refractivity contribution >= 4 is 23.3 Å². The van der Waals surface area contributed by atoms with Crippen molar-refractivity contribution in [2.24, 2.45) is 0 Å². The molecular formula is C25H30ClN5O2. The first kappa shape index (κ1) is 23.0. The van der Waals surface area contributed by atoms with Crippen molar-refractivity contribution in [1.29, 1.82) is 0 Å². The van der Waals surface area contributed by atoms with Crippen LogP contribution in [0.5, 0.6) is 5.75 Å². The average molecular weight is 468 g/mol. The van der Waals surface area contributed by atoms with Crippen molar-refractivity contribution in [2.45, 2.75) is 25.5 Å². The fourth-order valence-electron chi connectivity index (χ4n) is 4.05. The molecule has 1 atom stereocenters. The van der Waals surface area contributed by atoms with Crippen LogP contribution in [0.2, 0.25) is 5.02 Å². The molecule has 8 heteroatoms. The van der Waals surface area contributed by atoms with Gasteiger partial charge in [0.05, 0.1) is 12.9 Å². The highest BCUT2D eigenvalue weighted by Gasteiger charge is 2.20. The molecule has 2 aromatic carbocycles. The van der Waals surface area contributed by atoms with Gasteiger partial charge in [-0.05, 0) is 54.8 Å². The Kier molecular flexibility index (Phi) is 7.73. The molecule has 0 bridgehead atoms. The van der Waals surface area contributed by atoms with Gasteiger partial charge in [0.25, 0.3) is 0 Å². The summed E-state index contributed by atoms with van der Waals surface area (Å²) in [7, 11) is 1.67. The van der Waals surface area contributed by atoms with Crippen LogP contribution in [0.3, 0.4) is 0 Å². The molecule has 0 aliphatic carbocycles. The molecular weight excluding hydrogens is 438 g/mol. The molecule has 1 saturated heterocycles. The zero-order valence-electron chi connectivity index (χ0n) is 18.9. The Hall–Kier alpha value is -3.19. The Balaban J connectivity index is 1.36. The normalized spacial score (nSPS) is 14.7. The number of anilines is 1. The van der Waals surface area contributed by atoms with E-state index in [4.69, 9.17) is 16.3 Å². The SMILES string of the molecule is CNC(=O)N1CCN(c2ccc(OC(CCc3ccc(Cl)cc3)Cn3ccnc3)cc2)CC1. The maximum absolute atomic E-state index is 11.8. The van der Waals surface area contributed by atoms with Gasteiger partial charge in [-0.25, -0.2) is 9.78 Å². The van der Waals surface area contributed by atoms with Crippen molar-refractivity contribution in [1.82, 2.24) is 19.8 Å². The molecule has 174 valence electrons. The van der Waals surface area contributed by atoms with Gasteiger partial charge in [0.1, 0.15) is 11.9 Å². The van der Waals surface area contributed by atoms with Crippen molar-refractivity contribution in [3.63, 3.8) is 0 Å². The Morgan fingerprint density at radius 2 is 1.82 bits per heavy atom. The first-order valence-corrected chi connectivity index (χ1v) is 11.7. The van der Waals surface area contributed by atoms with Crippen LogP contribution in [0, 0.1) is 0 Å². The number of benzene rings is 2. The topological polar surface area (TPSA) is 62.6 Å². The van der Waals surface area contributed by atoms with Gasteiger partial charge in [-0.1, -0.05) is 23.7 Å². The third-order valence-electron chi connectivity index (χ3n) is 5.93. The second-order valence-electron chi connectivity index (χ2n) is 8.19. The van der Waals surface area contributed by atoms with Crippen LogP contribution in [0.4, 0.5) is 10.5 Å². The highest BCUT2D eigenvalue weighted by atomic mass is 35.5. The molecule has 1 N–H and O–H groups in total. The van der Waals surface area contributed by atoms with Crippen molar-refractivity contribution in [3.05, 3.63) is 77.8 Å². The van der Waals surface area contributed by atoms with E-state index >= 15 is 0 Å². The van der Waals surface area contributed by atoms with Crippen LogP contribution < -0.4 is 15.0 Å². The van der Waals surface area contributed by atoms with E-state index in [0.29, 0.717) is 0 Å². The number of aromatic nitrogens is 2. The van der Waals surface area contributed by atoms with Gasteiger partial charge in [-0.2, -0.15) is 0 Å². The molecule has 1 fully saturated rings. The number of imidazole rings is 1. The lowest BCUT2D eigenvalue weighted by Crippen LogP contribution is -2.51. The minimum Gasteiger partial charge on any atom is -0.489 e. The fraction of sp³-hybridized carbons (Fsp3) is 0.360. The third-order valence-corrected chi connectivity index (χ3v) is 6.18. The lowest BCUT2D eigenvalue weighted by molar-refractivity contribution is 0.170. The number of aryl methyl sites for hydroxylation is 1. The summed E-state index contributed by atoms with van der Waals surface area (Å²) in [6.07, 6.45) is 7.36. The summed E-state index contributed by atoms with van der Waals surface area (Å²) < 4.78 is 8.43. The summed E-state index contributed by atoms with van der Waals surface area (Å²) in [5.74, 6) is 0.851. The molecule has 1 aromatic heterocycles. The number of hydrogen-bond donors (Lipinski definition) is 1. The molecule has 33 heavy (non-hydrogen) atoms. The van der Waals surface area contributed by atoms with Crippen LogP contribution in [0.1, 0.15) is 12.0 Å². The van der Waals surface area contributed by atoms with Gasteiger partial charge < -0.3 is 24.4 Å². The number of rotatable bonds is 8. The van der Waals surface area contributed by atoms with Crippen LogP contribution in [-0.2, 0) is 13.0 Å². The van der Waals surface area contributed by atoms with Gasteiger partial charge in [-0.15, -0.1) is 0 Å². The summed E-state index contributed by atoms with van der Waals surface area (Å²) in [4.78, 5) is 20.1. The monoisotopic (exact) mass is 467 g/mol. The maximum atomic E-state index is 11.8. The first-order valence-electron chi connectivity index (χ1n) is 11.3. The number of amides is 2. The van der Waals surface area contributed by atoms with Gasteiger partial charge in [0.2, 0.25) is 0 Å². The Bertz CT molecular complexity index is 1000. The van der Waals surface area contributed by atoms with Gasteiger partial charge in [-0.3, -0.25) is 0 Å². The number of ether oxygens (including phenoxy) is 1. The van der Waals surface area contributed by atoms with Gasteiger partial charge in [0, 0.05) is 56.3 Å². The molecule has 3 aromatic rings. The molecule has 1 aliphatic rings. The largest absolute Gasteiger partial charge is 0.489 e.